The minimum absolute atomic E-state index is 0.541. The Bertz CT molecular complexity index is 670. The number of benzene rings is 1. The lowest BCUT2D eigenvalue weighted by atomic mass is 10.3. The van der Waals surface area contributed by atoms with Gasteiger partial charge >= 0.3 is 0 Å². The first-order valence-electron chi connectivity index (χ1n) is 9.52. The molecule has 0 fully saturated rings. The second-order valence-electron chi connectivity index (χ2n) is 6.36. The van der Waals surface area contributed by atoms with Gasteiger partial charge in [-0.1, -0.05) is 18.2 Å². The van der Waals surface area contributed by atoms with E-state index in [4.69, 9.17) is 4.74 Å². The molecule has 27 heavy (non-hydrogen) atoms. The first kappa shape index (κ1) is 20.9. The molecule has 0 amide bonds. The normalized spacial score (nSPS) is 11.8. The number of nitrogens with one attached hydrogen (secondary N) is 2. The first-order chi connectivity index (χ1) is 13.2. The number of rotatable bonds is 11. The standard InChI is InChI=1S/C20H32N6O/c1-4-21-20(22-12-15-25(2)13-8-16-27-3)23-17-18-11-14-26(24-18)19-9-6-5-7-10-19/h5-7,9-11,14H,4,8,12-13,15-17H2,1-3H3,(H2,21,22,23). The Labute approximate surface area is 162 Å². The van der Waals surface area contributed by atoms with Gasteiger partial charge in [-0.2, -0.15) is 5.10 Å². The fraction of sp³-hybridized carbons (Fsp3) is 0.500. The fourth-order valence-electron chi connectivity index (χ4n) is 2.63. The molecule has 1 heterocycles. The molecule has 7 nitrogen and oxygen atoms in total. The Hall–Kier alpha value is -2.38. The van der Waals surface area contributed by atoms with Crippen molar-refractivity contribution in [2.24, 2.45) is 4.99 Å². The highest BCUT2D eigenvalue weighted by Crippen LogP contribution is 2.07. The van der Waals surface area contributed by atoms with Crippen LogP contribution in [0, 0.1) is 0 Å². The molecule has 0 unspecified atom stereocenters. The van der Waals surface area contributed by atoms with Crippen LogP contribution in [0.15, 0.2) is 47.6 Å². The monoisotopic (exact) mass is 372 g/mol. The van der Waals surface area contributed by atoms with E-state index in [1.165, 1.54) is 0 Å². The van der Waals surface area contributed by atoms with E-state index in [1.807, 2.05) is 47.3 Å². The quantitative estimate of drug-likeness (QED) is 0.358. The maximum atomic E-state index is 5.09. The Morgan fingerprint density at radius 2 is 2.00 bits per heavy atom. The molecular formula is C20H32N6O. The van der Waals surface area contributed by atoms with Crippen LogP contribution in [0.5, 0.6) is 0 Å². The molecule has 1 aromatic heterocycles. The highest BCUT2D eigenvalue weighted by molar-refractivity contribution is 5.79. The lowest BCUT2D eigenvalue weighted by molar-refractivity contribution is 0.180. The van der Waals surface area contributed by atoms with Crippen molar-refractivity contribution in [3.05, 3.63) is 48.3 Å². The largest absolute Gasteiger partial charge is 0.385 e. The van der Waals surface area contributed by atoms with Crippen molar-refractivity contribution in [2.75, 3.05) is 46.9 Å². The van der Waals surface area contributed by atoms with Gasteiger partial charge in [0, 0.05) is 46.1 Å². The van der Waals surface area contributed by atoms with Crippen LogP contribution in [0.3, 0.4) is 0 Å². The molecule has 0 atom stereocenters. The zero-order valence-electron chi connectivity index (χ0n) is 16.7. The topological polar surface area (TPSA) is 66.7 Å². The molecule has 2 N–H and O–H groups in total. The number of likely N-dealkylation sites (N-methyl/N-ethyl adjacent to an activating group) is 1. The van der Waals surface area contributed by atoms with Crippen molar-refractivity contribution in [1.29, 1.82) is 0 Å². The summed E-state index contributed by atoms with van der Waals surface area (Å²) in [6.45, 7) is 7.06. The van der Waals surface area contributed by atoms with Crippen molar-refractivity contribution in [1.82, 2.24) is 25.3 Å². The summed E-state index contributed by atoms with van der Waals surface area (Å²) in [5.74, 6) is 0.817. The van der Waals surface area contributed by atoms with Gasteiger partial charge in [-0.05, 0) is 38.6 Å². The predicted molar refractivity (Wildman–Crippen MR) is 110 cm³/mol. The van der Waals surface area contributed by atoms with Gasteiger partial charge in [0.2, 0.25) is 0 Å². The Kier molecular flexibility index (Phi) is 9.37. The van der Waals surface area contributed by atoms with Crippen LogP contribution in [0.25, 0.3) is 5.69 Å². The van der Waals surface area contributed by atoms with Gasteiger partial charge in [0.1, 0.15) is 0 Å². The van der Waals surface area contributed by atoms with E-state index in [1.54, 1.807) is 7.11 Å². The van der Waals surface area contributed by atoms with E-state index >= 15 is 0 Å². The van der Waals surface area contributed by atoms with Crippen LogP contribution in [0.4, 0.5) is 0 Å². The summed E-state index contributed by atoms with van der Waals surface area (Å²) in [4.78, 5) is 6.93. The second-order valence-corrected chi connectivity index (χ2v) is 6.36. The molecule has 7 heteroatoms. The fourth-order valence-corrected chi connectivity index (χ4v) is 2.63. The highest BCUT2D eigenvalue weighted by Gasteiger charge is 2.03. The van der Waals surface area contributed by atoms with Crippen molar-refractivity contribution >= 4 is 5.96 Å². The highest BCUT2D eigenvalue weighted by atomic mass is 16.5. The Morgan fingerprint density at radius 1 is 1.19 bits per heavy atom. The van der Waals surface area contributed by atoms with Crippen LogP contribution in [-0.4, -0.2) is 67.6 Å². The van der Waals surface area contributed by atoms with Gasteiger partial charge < -0.3 is 20.3 Å². The molecule has 2 rings (SSSR count). The molecule has 148 valence electrons. The minimum Gasteiger partial charge on any atom is -0.385 e. The number of hydrogen-bond donors (Lipinski definition) is 2. The minimum atomic E-state index is 0.541. The molecule has 0 radical (unpaired) electrons. The summed E-state index contributed by atoms with van der Waals surface area (Å²) >= 11 is 0. The van der Waals surface area contributed by atoms with Gasteiger partial charge in [0.15, 0.2) is 5.96 Å². The van der Waals surface area contributed by atoms with Crippen LogP contribution in [0.1, 0.15) is 19.0 Å². The summed E-state index contributed by atoms with van der Waals surface area (Å²) in [5.41, 5.74) is 1.99. The van der Waals surface area contributed by atoms with Gasteiger partial charge in [-0.15, -0.1) is 0 Å². The lowest BCUT2D eigenvalue weighted by Gasteiger charge is -2.18. The lowest BCUT2D eigenvalue weighted by Crippen LogP contribution is -2.41. The second kappa shape index (κ2) is 12.1. The van der Waals surface area contributed by atoms with Crippen molar-refractivity contribution in [2.45, 2.75) is 19.9 Å². The molecule has 0 aliphatic rings. The summed E-state index contributed by atoms with van der Waals surface area (Å²) < 4.78 is 6.97. The van der Waals surface area contributed by atoms with Crippen LogP contribution >= 0.6 is 0 Å². The molecule has 0 spiro atoms. The van der Waals surface area contributed by atoms with Crippen LogP contribution < -0.4 is 10.6 Å². The molecule has 2 aromatic rings. The number of para-hydroxylation sites is 1. The summed E-state index contributed by atoms with van der Waals surface area (Å²) in [6.07, 6.45) is 3.01. The van der Waals surface area contributed by atoms with E-state index in [0.29, 0.717) is 6.54 Å². The molecule has 0 aliphatic carbocycles. The number of aliphatic imine (C=N–C) groups is 1. The summed E-state index contributed by atoms with van der Waals surface area (Å²) in [6, 6.07) is 12.1. The summed E-state index contributed by atoms with van der Waals surface area (Å²) in [5, 5.41) is 11.3. The average Bonchev–Trinajstić information content (AvgIpc) is 3.16. The summed E-state index contributed by atoms with van der Waals surface area (Å²) in [7, 11) is 3.86. The average molecular weight is 373 g/mol. The van der Waals surface area contributed by atoms with Gasteiger partial charge in [0.05, 0.1) is 17.9 Å². The van der Waals surface area contributed by atoms with Crippen LogP contribution in [0.2, 0.25) is 0 Å². The number of aromatic nitrogens is 2. The number of methoxy groups -OCH3 is 1. The Balaban J connectivity index is 1.82. The van der Waals surface area contributed by atoms with Crippen LogP contribution in [-0.2, 0) is 11.3 Å². The molecule has 0 saturated carbocycles. The molecule has 0 bridgehead atoms. The van der Waals surface area contributed by atoms with Gasteiger partial charge in [-0.3, -0.25) is 0 Å². The maximum absolute atomic E-state index is 5.09. The van der Waals surface area contributed by atoms with Crippen molar-refractivity contribution < 1.29 is 4.74 Å². The van der Waals surface area contributed by atoms with Crippen molar-refractivity contribution in [3.63, 3.8) is 0 Å². The van der Waals surface area contributed by atoms with E-state index in [2.05, 4.69) is 39.6 Å². The first-order valence-corrected chi connectivity index (χ1v) is 9.52. The smallest absolute Gasteiger partial charge is 0.191 e. The Morgan fingerprint density at radius 3 is 2.74 bits per heavy atom. The van der Waals surface area contributed by atoms with E-state index in [-0.39, 0.29) is 0 Å². The zero-order valence-corrected chi connectivity index (χ0v) is 16.7. The number of guanidine groups is 1. The third-order valence-electron chi connectivity index (χ3n) is 4.08. The van der Waals surface area contributed by atoms with E-state index in [0.717, 1.165) is 56.5 Å². The zero-order chi connectivity index (χ0) is 19.3. The molecular weight excluding hydrogens is 340 g/mol. The van der Waals surface area contributed by atoms with E-state index in [9.17, 15) is 0 Å². The molecule has 0 saturated heterocycles. The van der Waals surface area contributed by atoms with Gasteiger partial charge in [-0.25, -0.2) is 9.67 Å². The number of ether oxygens (including phenoxy) is 1. The number of hydrogen-bond acceptors (Lipinski definition) is 4. The SMILES string of the molecule is CCNC(=NCc1ccn(-c2ccccc2)n1)NCCN(C)CCCOC. The van der Waals surface area contributed by atoms with Gasteiger partial charge in [0.25, 0.3) is 0 Å². The molecule has 1 aromatic carbocycles. The van der Waals surface area contributed by atoms with Crippen molar-refractivity contribution in [3.8, 4) is 5.69 Å². The predicted octanol–water partition coefficient (Wildman–Crippen LogP) is 1.90. The third-order valence-corrected chi connectivity index (χ3v) is 4.08. The maximum Gasteiger partial charge on any atom is 0.191 e. The van der Waals surface area contributed by atoms with E-state index < -0.39 is 0 Å². The molecule has 0 aliphatic heterocycles. The number of nitrogens with zero attached hydrogens (tertiary/aromatic N) is 4. The third kappa shape index (κ3) is 7.80.